The van der Waals surface area contributed by atoms with Crippen LogP contribution in [0.2, 0.25) is 10.0 Å². The van der Waals surface area contributed by atoms with Gasteiger partial charge in [-0.25, -0.2) is 9.97 Å². The summed E-state index contributed by atoms with van der Waals surface area (Å²) in [5.41, 5.74) is 1.02. The van der Waals surface area contributed by atoms with E-state index in [4.69, 9.17) is 32.7 Å². The third-order valence-electron chi connectivity index (χ3n) is 6.35. The zero-order valence-corrected chi connectivity index (χ0v) is 22.0. The van der Waals surface area contributed by atoms with Crippen LogP contribution >= 0.6 is 23.2 Å². The summed E-state index contributed by atoms with van der Waals surface area (Å²) in [6, 6.07) is 6.80. The molecule has 1 aromatic heterocycles. The Balaban J connectivity index is 1.62. The van der Waals surface area contributed by atoms with Gasteiger partial charge in [0.25, 0.3) is 0 Å². The van der Waals surface area contributed by atoms with Crippen molar-refractivity contribution in [2.75, 3.05) is 26.1 Å². The molecule has 0 aliphatic carbocycles. The Bertz CT molecular complexity index is 1300. The minimum absolute atomic E-state index is 0.121. The van der Waals surface area contributed by atoms with E-state index in [-0.39, 0.29) is 18.0 Å². The van der Waals surface area contributed by atoms with E-state index in [0.717, 1.165) is 16.5 Å². The largest absolute Gasteiger partial charge is 0.495 e. The third-order valence-corrected chi connectivity index (χ3v) is 7.10. The molecule has 2 atom stereocenters. The van der Waals surface area contributed by atoms with Gasteiger partial charge in [-0.2, -0.15) is 0 Å². The molecule has 1 saturated heterocycles. The SMILES string of the molecule is C=CC(=O)N1C[C@H](Nc2ncc3cc(-c4c(Cl)c(OC)cc(OC)c4Cl)ccc3n2)C[C@@H]1C(C)(C)O. The Hall–Kier alpha value is -3.07. The fourth-order valence-electron chi connectivity index (χ4n) is 4.55. The Morgan fingerprint density at radius 2 is 1.89 bits per heavy atom. The molecule has 2 heterocycles. The lowest BCUT2D eigenvalue weighted by molar-refractivity contribution is -0.131. The lowest BCUT2D eigenvalue weighted by Gasteiger charge is -2.32. The van der Waals surface area contributed by atoms with E-state index < -0.39 is 5.60 Å². The molecule has 0 saturated carbocycles. The zero-order valence-electron chi connectivity index (χ0n) is 20.5. The van der Waals surface area contributed by atoms with Gasteiger partial charge in [-0.3, -0.25) is 4.79 Å². The topological polar surface area (TPSA) is 96.8 Å². The molecule has 0 unspecified atom stereocenters. The average molecular weight is 531 g/mol. The van der Waals surface area contributed by atoms with Crippen molar-refractivity contribution in [2.45, 2.75) is 38.0 Å². The second-order valence-electron chi connectivity index (χ2n) is 9.19. The van der Waals surface area contributed by atoms with Crippen LogP contribution in [0, 0.1) is 0 Å². The van der Waals surface area contributed by atoms with E-state index in [0.29, 0.717) is 46.0 Å². The number of likely N-dealkylation sites (tertiary alicyclic amines) is 1. The number of aliphatic hydroxyl groups is 1. The third kappa shape index (κ3) is 4.93. The number of amides is 1. The number of halogens is 2. The number of ether oxygens (including phenoxy) is 2. The van der Waals surface area contributed by atoms with Crippen LogP contribution < -0.4 is 14.8 Å². The Kier molecular flexibility index (Phi) is 7.31. The Labute approximate surface area is 219 Å². The summed E-state index contributed by atoms with van der Waals surface area (Å²) in [6.07, 6.45) is 3.53. The van der Waals surface area contributed by atoms with Crippen molar-refractivity contribution in [3.8, 4) is 22.6 Å². The molecule has 1 fully saturated rings. The first kappa shape index (κ1) is 26.0. The monoisotopic (exact) mass is 530 g/mol. The standard InChI is InChI=1S/C26H28Cl2N4O4/c1-6-21(33)32-13-16(10-20(32)26(2,3)34)30-25-29-12-15-9-14(7-8-17(15)31-25)22-23(27)18(35-4)11-19(36-5)24(22)28/h6-9,11-12,16,20,34H,1,10,13H2,2-5H3,(H,29,30,31)/t16-,20-/m1/s1. The van der Waals surface area contributed by atoms with Crippen molar-refractivity contribution in [1.29, 1.82) is 0 Å². The van der Waals surface area contributed by atoms with Gasteiger partial charge in [0, 0.05) is 35.8 Å². The van der Waals surface area contributed by atoms with Gasteiger partial charge in [0.15, 0.2) is 0 Å². The predicted octanol–water partition coefficient (Wildman–Crippen LogP) is 4.96. The van der Waals surface area contributed by atoms with Crippen molar-refractivity contribution < 1.29 is 19.4 Å². The van der Waals surface area contributed by atoms with E-state index in [1.54, 1.807) is 31.0 Å². The number of hydrogen-bond acceptors (Lipinski definition) is 7. The van der Waals surface area contributed by atoms with Gasteiger partial charge in [-0.05, 0) is 44.0 Å². The number of hydrogen-bond donors (Lipinski definition) is 2. The molecule has 2 aromatic carbocycles. The number of rotatable bonds is 7. The molecule has 190 valence electrons. The van der Waals surface area contributed by atoms with Crippen molar-refractivity contribution >= 4 is 46.0 Å². The van der Waals surface area contributed by atoms with Gasteiger partial charge in [0.2, 0.25) is 11.9 Å². The van der Waals surface area contributed by atoms with Crippen LogP contribution in [0.3, 0.4) is 0 Å². The lowest BCUT2D eigenvalue weighted by Crippen LogP contribution is -2.47. The van der Waals surface area contributed by atoms with Crippen molar-refractivity contribution in [3.63, 3.8) is 0 Å². The maximum absolute atomic E-state index is 12.3. The van der Waals surface area contributed by atoms with Gasteiger partial charge in [-0.1, -0.05) is 35.8 Å². The predicted molar refractivity (Wildman–Crippen MR) is 142 cm³/mol. The van der Waals surface area contributed by atoms with E-state index in [1.807, 2.05) is 18.2 Å². The minimum atomic E-state index is -1.05. The molecular weight excluding hydrogens is 503 g/mol. The van der Waals surface area contributed by atoms with Crippen molar-refractivity contribution in [1.82, 2.24) is 14.9 Å². The maximum atomic E-state index is 12.3. The number of aromatic nitrogens is 2. The molecule has 4 rings (SSSR count). The number of methoxy groups -OCH3 is 2. The first-order valence-electron chi connectivity index (χ1n) is 11.4. The smallest absolute Gasteiger partial charge is 0.246 e. The molecule has 36 heavy (non-hydrogen) atoms. The molecule has 1 amide bonds. The molecule has 10 heteroatoms. The summed E-state index contributed by atoms with van der Waals surface area (Å²) in [6.45, 7) is 7.38. The Morgan fingerprint density at radius 3 is 2.47 bits per heavy atom. The summed E-state index contributed by atoms with van der Waals surface area (Å²) in [5, 5.41) is 15.4. The van der Waals surface area contributed by atoms with E-state index >= 15 is 0 Å². The highest BCUT2D eigenvalue weighted by atomic mass is 35.5. The van der Waals surface area contributed by atoms with Crippen LogP contribution in [0.1, 0.15) is 20.3 Å². The summed E-state index contributed by atoms with van der Waals surface area (Å²) < 4.78 is 10.8. The summed E-state index contributed by atoms with van der Waals surface area (Å²) in [7, 11) is 3.06. The number of benzene rings is 2. The number of nitrogens with zero attached hydrogens (tertiary/aromatic N) is 3. The highest BCUT2D eigenvalue weighted by Crippen LogP contribution is 2.46. The van der Waals surface area contributed by atoms with Gasteiger partial charge in [0.05, 0.1) is 41.4 Å². The van der Waals surface area contributed by atoms with Gasteiger partial charge >= 0.3 is 0 Å². The van der Waals surface area contributed by atoms with E-state index in [1.165, 1.54) is 20.3 Å². The normalized spacial score (nSPS) is 17.8. The molecule has 1 aliphatic heterocycles. The Morgan fingerprint density at radius 1 is 1.22 bits per heavy atom. The van der Waals surface area contributed by atoms with Gasteiger partial charge in [0.1, 0.15) is 11.5 Å². The quantitative estimate of drug-likeness (QED) is 0.416. The van der Waals surface area contributed by atoms with Crippen LogP contribution in [0.25, 0.3) is 22.0 Å². The van der Waals surface area contributed by atoms with E-state index in [2.05, 4.69) is 21.9 Å². The van der Waals surface area contributed by atoms with Gasteiger partial charge in [-0.15, -0.1) is 0 Å². The zero-order chi connectivity index (χ0) is 26.2. The molecule has 2 N–H and O–H groups in total. The number of fused-ring (bicyclic) bond motifs is 1. The molecule has 0 spiro atoms. The molecule has 8 nitrogen and oxygen atoms in total. The van der Waals surface area contributed by atoms with Crippen molar-refractivity contribution in [3.05, 3.63) is 53.2 Å². The number of carbonyl (C=O) groups is 1. The highest BCUT2D eigenvalue weighted by molar-refractivity contribution is 6.41. The first-order chi connectivity index (χ1) is 17.1. The first-order valence-corrected chi connectivity index (χ1v) is 12.1. The highest BCUT2D eigenvalue weighted by Gasteiger charge is 2.42. The number of nitrogens with one attached hydrogen (secondary N) is 1. The van der Waals surface area contributed by atoms with Crippen LogP contribution in [-0.4, -0.2) is 64.3 Å². The molecule has 0 bridgehead atoms. The van der Waals surface area contributed by atoms with Crippen LogP contribution in [0.4, 0.5) is 5.95 Å². The van der Waals surface area contributed by atoms with Crippen LogP contribution in [0.5, 0.6) is 11.5 Å². The maximum Gasteiger partial charge on any atom is 0.246 e. The minimum Gasteiger partial charge on any atom is -0.495 e. The lowest BCUT2D eigenvalue weighted by atomic mass is 9.95. The summed E-state index contributed by atoms with van der Waals surface area (Å²) in [4.78, 5) is 23.1. The molecular formula is C26H28Cl2N4O4. The van der Waals surface area contributed by atoms with Crippen molar-refractivity contribution in [2.24, 2.45) is 0 Å². The molecule has 1 aliphatic rings. The average Bonchev–Trinajstić information content (AvgIpc) is 3.28. The second-order valence-corrected chi connectivity index (χ2v) is 9.95. The second kappa shape index (κ2) is 10.1. The molecule has 0 radical (unpaired) electrons. The van der Waals surface area contributed by atoms with E-state index in [9.17, 15) is 9.90 Å². The fraction of sp³-hybridized carbons (Fsp3) is 0.346. The number of carbonyl (C=O) groups excluding carboxylic acids is 1. The van der Waals surface area contributed by atoms with Crippen LogP contribution in [-0.2, 0) is 4.79 Å². The van der Waals surface area contributed by atoms with Crippen LogP contribution in [0.15, 0.2) is 43.1 Å². The number of anilines is 1. The molecule has 3 aromatic rings. The van der Waals surface area contributed by atoms with Gasteiger partial charge < -0.3 is 24.8 Å². The summed E-state index contributed by atoms with van der Waals surface area (Å²) >= 11 is 13.2. The fourth-order valence-corrected chi connectivity index (χ4v) is 5.27. The summed E-state index contributed by atoms with van der Waals surface area (Å²) in [5.74, 6) is 1.12.